The van der Waals surface area contributed by atoms with Gasteiger partial charge in [-0.3, -0.25) is 4.79 Å². The number of carbonyl (C=O) groups excluding carboxylic acids is 1. The van der Waals surface area contributed by atoms with Gasteiger partial charge in [-0.25, -0.2) is 23.4 Å². The Kier molecular flexibility index (Phi) is 7.11. The van der Waals surface area contributed by atoms with E-state index in [9.17, 15) is 26.4 Å². The smallest absolute Gasteiger partial charge is 0.422 e. The van der Waals surface area contributed by atoms with Crippen LogP contribution in [0.15, 0.2) is 42.4 Å². The summed E-state index contributed by atoms with van der Waals surface area (Å²) in [4.78, 5) is 27.2. The van der Waals surface area contributed by atoms with Gasteiger partial charge in [0.2, 0.25) is 11.8 Å². The van der Waals surface area contributed by atoms with Crippen LogP contribution in [-0.2, 0) is 27.5 Å². The van der Waals surface area contributed by atoms with E-state index in [-0.39, 0.29) is 23.0 Å². The number of hydrogen-bond donors (Lipinski definition) is 0. The highest BCUT2D eigenvalue weighted by Crippen LogP contribution is 2.29. The Balaban J connectivity index is 1.31. The molecule has 35 heavy (non-hydrogen) atoms. The van der Waals surface area contributed by atoms with Gasteiger partial charge in [0, 0.05) is 37.4 Å². The molecule has 1 aliphatic heterocycles. The minimum atomic E-state index is -4.43. The Morgan fingerprint density at radius 2 is 1.89 bits per heavy atom. The lowest BCUT2D eigenvalue weighted by molar-refractivity contribution is -0.154. The number of nitrogens with zero attached hydrogens (tertiary/aromatic N) is 4. The molecular formula is C23H25F3N4O4S. The molecule has 8 nitrogen and oxygen atoms in total. The van der Waals surface area contributed by atoms with E-state index in [1.807, 2.05) is 6.08 Å². The Labute approximate surface area is 201 Å². The maximum atomic E-state index is 12.9. The monoisotopic (exact) mass is 510 g/mol. The maximum absolute atomic E-state index is 12.9. The summed E-state index contributed by atoms with van der Waals surface area (Å²) in [5.41, 5.74) is 2.31. The van der Waals surface area contributed by atoms with E-state index < -0.39 is 22.6 Å². The van der Waals surface area contributed by atoms with Gasteiger partial charge in [0.1, 0.15) is 5.82 Å². The second kappa shape index (κ2) is 9.92. The van der Waals surface area contributed by atoms with Gasteiger partial charge in [0.25, 0.3) is 0 Å². The van der Waals surface area contributed by atoms with Crippen molar-refractivity contribution in [2.45, 2.75) is 43.5 Å². The third-order valence-electron chi connectivity index (χ3n) is 6.13. The SMILES string of the molecule is CS(=O)(=O)C1CC=C(Cc2ncc(N3CCC(Cc4ccc(OCC(F)(F)F)nc4)C3=O)cn2)C1. The standard InChI is InChI=1S/C23H25F3N4O4S/c1-35(32,33)19-4-2-15(9-19)10-20-27-12-18(13-28-20)30-7-6-17(22(30)31)8-16-3-5-21(29-11-16)34-14-23(24,25)26/h2-3,5,11-13,17,19H,4,6-10,14H2,1H3. The first-order chi connectivity index (χ1) is 16.5. The lowest BCUT2D eigenvalue weighted by Crippen LogP contribution is -2.28. The number of aromatic nitrogens is 3. The molecule has 1 fully saturated rings. The van der Waals surface area contributed by atoms with E-state index in [4.69, 9.17) is 0 Å². The summed E-state index contributed by atoms with van der Waals surface area (Å²) in [6.07, 6.45) is 5.86. The minimum absolute atomic E-state index is 0.0757. The molecule has 1 aliphatic carbocycles. The number of sulfone groups is 1. The van der Waals surface area contributed by atoms with Gasteiger partial charge >= 0.3 is 6.18 Å². The lowest BCUT2D eigenvalue weighted by Gasteiger charge is -2.16. The lowest BCUT2D eigenvalue weighted by atomic mass is 9.99. The minimum Gasteiger partial charge on any atom is -0.468 e. The third-order valence-corrected chi connectivity index (χ3v) is 7.70. The summed E-state index contributed by atoms with van der Waals surface area (Å²) < 4.78 is 64.8. The molecule has 0 bridgehead atoms. The molecule has 2 aromatic heterocycles. The Morgan fingerprint density at radius 1 is 1.14 bits per heavy atom. The number of carbonyl (C=O) groups is 1. The summed E-state index contributed by atoms with van der Waals surface area (Å²) in [6, 6.07) is 2.97. The number of hydrogen-bond acceptors (Lipinski definition) is 7. The first-order valence-electron chi connectivity index (χ1n) is 11.1. The first-order valence-corrected chi connectivity index (χ1v) is 13.1. The predicted molar refractivity (Wildman–Crippen MR) is 122 cm³/mol. The van der Waals surface area contributed by atoms with Crippen LogP contribution in [0.5, 0.6) is 5.88 Å². The van der Waals surface area contributed by atoms with Crippen molar-refractivity contribution in [1.82, 2.24) is 15.0 Å². The zero-order valence-electron chi connectivity index (χ0n) is 19.0. The summed E-state index contributed by atoms with van der Waals surface area (Å²) in [6.45, 7) is -0.900. The molecular weight excluding hydrogens is 485 g/mol. The average Bonchev–Trinajstić information content (AvgIpc) is 3.41. The van der Waals surface area contributed by atoms with Gasteiger partial charge in [-0.2, -0.15) is 13.2 Å². The number of amides is 1. The van der Waals surface area contributed by atoms with Crippen molar-refractivity contribution in [1.29, 1.82) is 0 Å². The largest absolute Gasteiger partial charge is 0.468 e. The van der Waals surface area contributed by atoms with Crippen LogP contribution in [0.4, 0.5) is 18.9 Å². The van der Waals surface area contributed by atoms with E-state index in [0.29, 0.717) is 50.2 Å². The molecule has 2 aliphatic rings. The molecule has 2 aromatic rings. The molecule has 2 atom stereocenters. The molecule has 0 N–H and O–H groups in total. The van der Waals surface area contributed by atoms with Crippen molar-refractivity contribution >= 4 is 21.4 Å². The number of anilines is 1. The number of ether oxygens (including phenoxy) is 1. The van der Waals surface area contributed by atoms with Crippen LogP contribution in [0.3, 0.4) is 0 Å². The van der Waals surface area contributed by atoms with E-state index in [2.05, 4.69) is 19.7 Å². The predicted octanol–water partition coefficient (Wildman–Crippen LogP) is 3.08. The first kappa shape index (κ1) is 25.1. The van der Waals surface area contributed by atoms with Crippen LogP contribution >= 0.6 is 0 Å². The number of halogens is 3. The van der Waals surface area contributed by atoms with Gasteiger partial charge in [0.15, 0.2) is 16.4 Å². The van der Waals surface area contributed by atoms with Crippen molar-refractivity contribution in [3.63, 3.8) is 0 Å². The fraction of sp³-hybridized carbons (Fsp3) is 0.478. The second-order valence-corrected chi connectivity index (χ2v) is 11.2. The van der Waals surface area contributed by atoms with E-state index >= 15 is 0 Å². The fourth-order valence-corrected chi connectivity index (χ4v) is 5.21. The van der Waals surface area contributed by atoms with E-state index in [1.54, 1.807) is 23.4 Å². The highest BCUT2D eigenvalue weighted by molar-refractivity contribution is 7.91. The fourth-order valence-electron chi connectivity index (χ4n) is 4.25. The molecule has 4 rings (SSSR count). The van der Waals surface area contributed by atoms with Crippen LogP contribution in [-0.4, -0.2) is 60.1 Å². The van der Waals surface area contributed by atoms with Crippen LogP contribution in [0.2, 0.25) is 0 Å². The van der Waals surface area contributed by atoms with Crippen molar-refractivity contribution in [3.8, 4) is 5.88 Å². The summed E-state index contributed by atoms with van der Waals surface area (Å²) in [5.74, 6) is 0.0855. The molecule has 0 radical (unpaired) electrons. The Morgan fingerprint density at radius 3 is 2.49 bits per heavy atom. The third kappa shape index (κ3) is 6.56. The molecule has 2 unspecified atom stereocenters. The number of alkyl halides is 3. The van der Waals surface area contributed by atoms with E-state index in [1.165, 1.54) is 18.5 Å². The number of pyridine rings is 1. The van der Waals surface area contributed by atoms with Crippen molar-refractivity contribution in [2.24, 2.45) is 5.92 Å². The van der Waals surface area contributed by atoms with Crippen LogP contribution in [0.25, 0.3) is 0 Å². The zero-order valence-corrected chi connectivity index (χ0v) is 19.8. The molecule has 1 amide bonds. The van der Waals surface area contributed by atoms with Gasteiger partial charge in [-0.05, 0) is 31.2 Å². The van der Waals surface area contributed by atoms with Crippen molar-refractivity contribution in [3.05, 3.63) is 53.8 Å². The summed E-state index contributed by atoms with van der Waals surface area (Å²) in [5, 5.41) is -0.380. The number of rotatable bonds is 8. The normalized spacial score (nSPS) is 20.9. The van der Waals surface area contributed by atoms with Crippen molar-refractivity contribution < 1.29 is 31.1 Å². The summed E-state index contributed by atoms with van der Waals surface area (Å²) >= 11 is 0. The van der Waals surface area contributed by atoms with Crippen LogP contribution in [0.1, 0.15) is 30.7 Å². The van der Waals surface area contributed by atoms with Crippen LogP contribution < -0.4 is 9.64 Å². The molecule has 0 spiro atoms. The number of allylic oxidation sites excluding steroid dienone is 2. The van der Waals surface area contributed by atoms with Gasteiger partial charge in [0.05, 0.1) is 23.3 Å². The quantitative estimate of drug-likeness (QED) is 0.503. The van der Waals surface area contributed by atoms with E-state index in [0.717, 1.165) is 11.1 Å². The maximum Gasteiger partial charge on any atom is 0.422 e. The zero-order chi connectivity index (χ0) is 25.2. The molecule has 12 heteroatoms. The molecule has 0 aromatic carbocycles. The molecule has 3 heterocycles. The Bertz CT molecular complexity index is 1200. The average molecular weight is 511 g/mol. The van der Waals surface area contributed by atoms with Gasteiger partial charge in [-0.15, -0.1) is 0 Å². The van der Waals surface area contributed by atoms with Crippen molar-refractivity contribution in [2.75, 3.05) is 24.3 Å². The highest BCUT2D eigenvalue weighted by atomic mass is 32.2. The topological polar surface area (TPSA) is 102 Å². The highest BCUT2D eigenvalue weighted by Gasteiger charge is 2.33. The summed E-state index contributed by atoms with van der Waals surface area (Å²) in [7, 11) is -3.08. The molecule has 188 valence electrons. The van der Waals surface area contributed by atoms with Gasteiger partial charge < -0.3 is 9.64 Å². The molecule has 0 saturated carbocycles. The Hall–Kier alpha value is -3.02. The van der Waals surface area contributed by atoms with Gasteiger partial charge in [-0.1, -0.05) is 17.7 Å². The van der Waals surface area contributed by atoms with Crippen LogP contribution in [0, 0.1) is 5.92 Å². The molecule has 1 saturated heterocycles. The second-order valence-electron chi connectivity index (χ2n) is 8.88.